The minimum absolute atomic E-state index is 0.0154. The third kappa shape index (κ3) is 9.91. The van der Waals surface area contributed by atoms with Crippen LogP contribution in [0.15, 0.2) is 105 Å². The van der Waals surface area contributed by atoms with Crippen LogP contribution in [0.25, 0.3) is 15.3 Å². The van der Waals surface area contributed by atoms with E-state index in [1.54, 1.807) is 39.8 Å². The smallest absolute Gasteiger partial charge is 0.299 e. The minimum atomic E-state index is -1.04. The third-order valence-electron chi connectivity index (χ3n) is 9.82. The van der Waals surface area contributed by atoms with Gasteiger partial charge in [0.1, 0.15) is 29.4 Å². The largest absolute Gasteiger partial charge is 0.315 e. The lowest BCUT2D eigenvalue weighted by Gasteiger charge is -2.30. The van der Waals surface area contributed by atoms with Crippen LogP contribution < -0.4 is 20.7 Å². The molecule has 0 amide bonds. The highest BCUT2D eigenvalue weighted by Crippen LogP contribution is 2.37. The van der Waals surface area contributed by atoms with E-state index in [-0.39, 0.29) is 50.7 Å². The first-order chi connectivity index (χ1) is 30.2. The van der Waals surface area contributed by atoms with Crippen LogP contribution in [0.3, 0.4) is 0 Å². The van der Waals surface area contributed by atoms with Gasteiger partial charge in [-0.25, -0.2) is 34.0 Å². The zero-order valence-corrected chi connectivity index (χ0v) is 36.7. The number of rotatable bonds is 7. The summed E-state index contributed by atoms with van der Waals surface area (Å²) in [7, 11) is 0. The lowest BCUT2D eigenvalue weighted by atomic mass is 9.88. The van der Waals surface area contributed by atoms with Crippen LogP contribution in [-0.4, -0.2) is 48.2 Å². The number of nitrogens with zero attached hydrogens (tertiary/aromatic N) is 9. The normalized spacial score (nSPS) is 16.2. The van der Waals surface area contributed by atoms with Crippen molar-refractivity contribution in [2.45, 2.75) is 65.6 Å². The summed E-state index contributed by atoms with van der Waals surface area (Å²) in [5, 5.41) is 22.8. The Morgan fingerprint density at radius 2 is 1.70 bits per heavy atom. The van der Waals surface area contributed by atoms with Crippen molar-refractivity contribution in [1.82, 2.24) is 14.7 Å². The molecule has 4 heterocycles. The standard InChI is InChI=1S/C22H18F2N6OS.C15H16FN3O.C8H3FN2S/c1-4-13-7-18(31)28-11-15(9-17(24)19(28)27-13)30-21(32)29(20(26)22(30,2)3)14-6-5-12(10-25)16(23)8-14;1-5-9-8-13(20)11-6-10(19-15(2,3)17-4)7-12(16)14(11)18-9;1-10-8-3-2-6(11-5-12)4-7(8)9/h5-9,11,26H,4H2,1-3H3;6-8,11,19H,5H2,1-3H3;2-4H. The van der Waals surface area contributed by atoms with E-state index in [9.17, 15) is 27.2 Å². The van der Waals surface area contributed by atoms with Crippen molar-refractivity contribution >= 4 is 80.4 Å². The number of aliphatic imine (C=N–C) groups is 2. The maximum atomic E-state index is 15.0. The molecule has 2 N–H and O–H groups in total. The van der Waals surface area contributed by atoms with E-state index in [0.717, 1.165) is 16.5 Å². The number of nitriles is 1. The molecule has 3 aliphatic rings. The predicted molar refractivity (Wildman–Crippen MR) is 244 cm³/mol. The molecule has 2 aliphatic heterocycles. The van der Waals surface area contributed by atoms with Gasteiger partial charge in [-0.15, -0.1) is 0 Å². The number of anilines is 2. The quantitative estimate of drug-likeness (QED) is 0.0800. The highest BCUT2D eigenvalue weighted by molar-refractivity contribution is 7.81. The van der Waals surface area contributed by atoms with E-state index < -0.39 is 46.0 Å². The Morgan fingerprint density at radius 3 is 2.30 bits per heavy atom. The Bertz CT molecular complexity index is 3000. The van der Waals surface area contributed by atoms with Gasteiger partial charge in [-0.2, -0.15) is 10.3 Å². The fraction of sp³-hybridized carbons (Fsp3) is 0.244. The Hall–Kier alpha value is -7.49. The first-order valence-corrected chi connectivity index (χ1v) is 20.0. The molecule has 64 heavy (non-hydrogen) atoms. The van der Waals surface area contributed by atoms with Gasteiger partial charge in [0.15, 0.2) is 22.4 Å². The molecule has 0 radical (unpaired) electrons. The number of pyridine rings is 1. The van der Waals surface area contributed by atoms with Gasteiger partial charge in [0.25, 0.3) is 11.2 Å². The average Bonchev–Trinajstić information content (AvgIpc) is 3.43. The second-order valence-corrected chi connectivity index (χ2v) is 15.6. The first-order valence-electron chi connectivity index (χ1n) is 19.2. The zero-order chi connectivity index (χ0) is 47.3. The predicted octanol–water partition coefficient (Wildman–Crippen LogP) is 9.80. The lowest BCUT2D eigenvalue weighted by molar-refractivity contribution is -0.115. The molecule has 7 rings (SSSR count). The van der Waals surface area contributed by atoms with Crippen LogP contribution in [0.4, 0.5) is 40.3 Å². The van der Waals surface area contributed by atoms with E-state index in [4.69, 9.17) is 36.0 Å². The van der Waals surface area contributed by atoms with Crippen molar-refractivity contribution in [3.63, 3.8) is 0 Å². The first kappa shape index (κ1) is 47.6. The van der Waals surface area contributed by atoms with Crippen molar-refractivity contribution in [2.75, 3.05) is 9.80 Å². The van der Waals surface area contributed by atoms with Crippen molar-refractivity contribution in [3.05, 3.63) is 152 Å². The van der Waals surface area contributed by atoms with Gasteiger partial charge in [-0.05, 0) is 93.6 Å². The molecule has 324 valence electrons. The number of nitrogens with one attached hydrogen (secondary N) is 2. The molecule has 4 aromatic rings. The molecule has 0 saturated carbocycles. The maximum Gasteiger partial charge on any atom is 0.299 e. The monoisotopic (exact) mass is 903 g/mol. The molecule has 1 aliphatic carbocycles. The van der Waals surface area contributed by atoms with Crippen LogP contribution in [0.1, 0.15) is 59.2 Å². The highest BCUT2D eigenvalue weighted by Gasteiger charge is 2.48. The number of aryl methyl sites for hydroxylation is 1. The molecule has 2 aromatic heterocycles. The van der Waals surface area contributed by atoms with E-state index in [2.05, 4.69) is 47.4 Å². The zero-order valence-electron chi connectivity index (χ0n) is 35.1. The van der Waals surface area contributed by atoms with Gasteiger partial charge in [0.2, 0.25) is 5.69 Å². The molecular weight excluding hydrogens is 867 g/mol. The molecule has 1 atom stereocenters. The molecule has 13 nitrogen and oxygen atoms in total. The second kappa shape index (κ2) is 19.3. The second-order valence-electron chi connectivity index (χ2n) is 15.0. The van der Waals surface area contributed by atoms with E-state index in [1.165, 1.54) is 64.5 Å². The summed E-state index contributed by atoms with van der Waals surface area (Å²) >= 11 is 9.93. The van der Waals surface area contributed by atoms with Gasteiger partial charge < -0.3 is 10.2 Å². The number of hydrogen-bond donors (Lipinski definition) is 2. The number of carbonyl (C=O) groups excluding carboxylic acids is 1. The van der Waals surface area contributed by atoms with Gasteiger partial charge in [-0.1, -0.05) is 19.9 Å². The van der Waals surface area contributed by atoms with Crippen molar-refractivity contribution < 1.29 is 22.4 Å². The number of allylic oxidation sites excluding steroid dienone is 5. The minimum Gasteiger partial charge on any atom is -0.315 e. The highest BCUT2D eigenvalue weighted by atomic mass is 32.1. The Morgan fingerprint density at radius 1 is 1.00 bits per heavy atom. The number of halogens is 4. The summed E-state index contributed by atoms with van der Waals surface area (Å²) in [5.74, 6) is -3.39. The number of benzene rings is 2. The summed E-state index contributed by atoms with van der Waals surface area (Å²) in [5.41, 5.74) is 0.00403. The van der Waals surface area contributed by atoms with Crippen molar-refractivity contribution in [2.24, 2.45) is 15.9 Å². The summed E-state index contributed by atoms with van der Waals surface area (Å²) in [6.45, 7) is 24.1. The molecule has 1 saturated heterocycles. The number of amidine groups is 1. The van der Waals surface area contributed by atoms with Crippen LogP contribution >= 0.6 is 24.4 Å². The number of aromatic nitrogens is 2. The van der Waals surface area contributed by atoms with Gasteiger partial charge in [0, 0.05) is 55.3 Å². The summed E-state index contributed by atoms with van der Waals surface area (Å²) in [4.78, 5) is 45.8. The number of hydrogen-bond acceptors (Lipinski definition) is 10. The average molecular weight is 904 g/mol. The number of carbonyl (C=O) groups is 1. The number of fused-ring (bicyclic) bond motifs is 2. The van der Waals surface area contributed by atoms with Crippen LogP contribution in [0.2, 0.25) is 0 Å². The molecule has 19 heteroatoms. The Labute approximate surface area is 376 Å². The summed E-state index contributed by atoms with van der Waals surface area (Å²) in [6, 6.07) is 12.2. The number of ketones is 1. The fourth-order valence-electron chi connectivity index (χ4n) is 6.52. The van der Waals surface area contributed by atoms with Crippen LogP contribution in [-0.2, 0) is 11.2 Å². The summed E-state index contributed by atoms with van der Waals surface area (Å²) < 4.78 is 57.3. The Kier molecular flexibility index (Phi) is 14.3. The van der Waals surface area contributed by atoms with E-state index >= 15 is 0 Å². The van der Waals surface area contributed by atoms with Gasteiger partial charge >= 0.3 is 0 Å². The molecule has 1 unspecified atom stereocenters. The van der Waals surface area contributed by atoms with Crippen LogP contribution in [0, 0.1) is 53.3 Å². The van der Waals surface area contributed by atoms with Gasteiger partial charge in [-0.3, -0.25) is 34.1 Å². The molecular formula is C45H37F4N11O2S2. The molecule has 1 fully saturated rings. The molecule has 0 spiro atoms. The molecule has 0 bridgehead atoms. The van der Waals surface area contributed by atoms with Crippen molar-refractivity contribution in [3.8, 4) is 6.07 Å². The van der Waals surface area contributed by atoms with Gasteiger partial charge in [0.05, 0.1) is 51.5 Å². The SMILES string of the molecule is CCc1cc(=O)n2cc(N3C(=S)N(c4ccc(C#N)c(F)c4)C(=N)C3(C)C)cc(F)c2n1.[C-]#[N+]C(C)(C)NC1=CC2C(=O)C=C(CC)N=C2C(F)=C1.[C-]#[N+]c1ccc(N=C=S)cc1F. The Balaban J connectivity index is 0.000000204. The summed E-state index contributed by atoms with van der Waals surface area (Å²) in [6.07, 6.45) is 6.88. The molecule has 2 aromatic carbocycles. The number of thiocarbonyl (C=S) groups is 2. The fourth-order valence-corrected chi connectivity index (χ4v) is 7.15. The van der Waals surface area contributed by atoms with Crippen molar-refractivity contribution in [1.29, 1.82) is 10.7 Å². The third-order valence-corrected chi connectivity index (χ3v) is 10.3. The number of isothiocyanates is 1. The van der Waals surface area contributed by atoms with E-state index in [1.807, 2.05) is 13.8 Å². The lowest BCUT2D eigenvalue weighted by Crippen LogP contribution is -2.44. The van der Waals surface area contributed by atoms with E-state index in [0.29, 0.717) is 35.6 Å². The topological polar surface area (TPSA) is 151 Å². The van der Waals surface area contributed by atoms with Crippen LogP contribution in [0.5, 0.6) is 0 Å². The maximum absolute atomic E-state index is 15.0.